The third kappa shape index (κ3) is 1.51. The molecule has 1 fully saturated rings. The van der Waals surface area contributed by atoms with E-state index < -0.39 is 11.3 Å². The summed E-state index contributed by atoms with van der Waals surface area (Å²) in [6.07, 6.45) is 10.5. The van der Waals surface area contributed by atoms with Gasteiger partial charge in [0, 0.05) is 17.8 Å². The number of fused-ring (bicyclic) bond motifs is 2. The first-order valence-corrected chi connectivity index (χ1v) is 6.64. The van der Waals surface area contributed by atoms with Crippen LogP contribution < -0.4 is 5.32 Å². The minimum absolute atomic E-state index is 0.280. The topological polar surface area (TPSA) is 72.0 Å². The van der Waals surface area contributed by atoms with Gasteiger partial charge in [0.15, 0.2) is 0 Å². The highest BCUT2D eigenvalue weighted by Gasteiger charge is 2.55. The first-order chi connectivity index (χ1) is 10.2. The number of hydrogen-bond acceptors (Lipinski definition) is 4. The van der Waals surface area contributed by atoms with E-state index in [4.69, 9.17) is 0 Å². The molecule has 1 aliphatic carbocycles. The molecule has 3 heterocycles. The van der Waals surface area contributed by atoms with E-state index in [1.807, 2.05) is 6.07 Å². The van der Waals surface area contributed by atoms with E-state index in [1.54, 1.807) is 48.8 Å². The summed E-state index contributed by atoms with van der Waals surface area (Å²) in [5, 5.41) is 3.31. The maximum absolute atomic E-state index is 12.4. The third-order valence-corrected chi connectivity index (χ3v) is 4.07. The standard InChI is InChI=1S/C16H11N3O2/c20-14-11-3-1-2-7-16(11,15(21)19-14)13-5-4-10-9-17-8-6-12(10)18-13/h1-9,11H,(H,19,20,21). The molecule has 2 atom stereocenters. The fourth-order valence-corrected chi connectivity index (χ4v) is 3.00. The average Bonchev–Trinajstić information content (AvgIpc) is 2.79. The lowest BCUT2D eigenvalue weighted by Crippen LogP contribution is -2.39. The fourth-order valence-electron chi connectivity index (χ4n) is 3.00. The fraction of sp³-hybridized carbons (Fsp3) is 0.125. The number of pyridine rings is 2. The number of nitrogens with zero attached hydrogens (tertiary/aromatic N) is 2. The maximum Gasteiger partial charge on any atom is 0.243 e. The minimum atomic E-state index is -1.04. The summed E-state index contributed by atoms with van der Waals surface area (Å²) in [5.41, 5.74) is 0.296. The second-order valence-corrected chi connectivity index (χ2v) is 5.17. The second kappa shape index (κ2) is 4.09. The summed E-state index contributed by atoms with van der Waals surface area (Å²) in [7, 11) is 0. The zero-order valence-corrected chi connectivity index (χ0v) is 11.0. The Bertz CT molecular complexity index is 840. The number of carbonyl (C=O) groups is 2. The Morgan fingerprint density at radius 2 is 2.05 bits per heavy atom. The molecule has 0 spiro atoms. The number of amides is 2. The van der Waals surface area contributed by atoms with Gasteiger partial charge >= 0.3 is 0 Å². The molecule has 1 saturated heterocycles. The van der Waals surface area contributed by atoms with Gasteiger partial charge in [0.2, 0.25) is 11.8 Å². The van der Waals surface area contributed by atoms with E-state index in [0.717, 1.165) is 10.9 Å². The number of rotatable bonds is 1. The van der Waals surface area contributed by atoms with Crippen LogP contribution in [0.15, 0.2) is 54.9 Å². The molecule has 5 heteroatoms. The van der Waals surface area contributed by atoms with Crippen molar-refractivity contribution in [3.8, 4) is 0 Å². The van der Waals surface area contributed by atoms with E-state index in [0.29, 0.717) is 5.69 Å². The zero-order valence-electron chi connectivity index (χ0n) is 11.0. The molecule has 1 aliphatic heterocycles. The van der Waals surface area contributed by atoms with Crippen LogP contribution in [-0.4, -0.2) is 21.8 Å². The molecule has 2 aliphatic rings. The predicted octanol–water partition coefficient (Wildman–Crippen LogP) is 1.27. The molecule has 102 valence electrons. The lowest BCUT2D eigenvalue weighted by atomic mass is 9.72. The zero-order chi connectivity index (χ0) is 14.4. The van der Waals surface area contributed by atoms with Gasteiger partial charge in [-0.05, 0) is 18.2 Å². The van der Waals surface area contributed by atoms with Crippen molar-refractivity contribution in [2.24, 2.45) is 5.92 Å². The summed E-state index contributed by atoms with van der Waals surface area (Å²) >= 11 is 0. The van der Waals surface area contributed by atoms with E-state index in [1.165, 1.54) is 0 Å². The number of allylic oxidation sites excluding steroid dienone is 2. The van der Waals surface area contributed by atoms with Crippen LogP contribution in [-0.2, 0) is 15.0 Å². The highest BCUT2D eigenvalue weighted by molar-refractivity contribution is 6.12. The molecule has 2 aromatic heterocycles. The Kier molecular flexibility index (Phi) is 2.33. The Labute approximate surface area is 120 Å². The molecule has 5 nitrogen and oxygen atoms in total. The molecule has 2 unspecified atom stereocenters. The average molecular weight is 277 g/mol. The summed E-state index contributed by atoms with van der Waals surface area (Å²) in [6, 6.07) is 5.46. The van der Waals surface area contributed by atoms with Crippen molar-refractivity contribution in [1.82, 2.24) is 15.3 Å². The van der Waals surface area contributed by atoms with Crippen molar-refractivity contribution in [2.75, 3.05) is 0 Å². The SMILES string of the molecule is O=C1NC(=O)C2(c3ccc4cnccc4n3)C=CC=CC12. The van der Waals surface area contributed by atoms with Gasteiger partial charge in [0.05, 0.1) is 17.1 Å². The summed E-state index contributed by atoms with van der Waals surface area (Å²) in [5.74, 6) is -1.14. The molecule has 4 rings (SSSR count). The molecule has 2 amide bonds. The van der Waals surface area contributed by atoms with Crippen LogP contribution in [0, 0.1) is 5.92 Å². The largest absolute Gasteiger partial charge is 0.295 e. The van der Waals surface area contributed by atoms with Crippen LogP contribution in [0.2, 0.25) is 0 Å². The van der Waals surface area contributed by atoms with Crippen LogP contribution in [0.3, 0.4) is 0 Å². The summed E-state index contributed by atoms with van der Waals surface area (Å²) in [6.45, 7) is 0. The Balaban J connectivity index is 1.96. The molecule has 0 radical (unpaired) electrons. The number of aromatic nitrogens is 2. The molecular weight excluding hydrogens is 266 g/mol. The van der Waals surface area contributed by atoms with Crippen LogP contribution in [0.1, 0.15) is 5.69 Å². The van der Waals surface area contributed by atoms with Crippen molar-refractivity contribution < 1.29 is 9.59 Å². The van der Waals surface area contributed by atoms with Gasteiger partial charge in [0.1, 0.15) is 5.41 Å². The van der Waals surface area contributed by atoms with E-state index >= 15 is 0 Å². The normalized spacial score (nSPS) is 27.0. The Morgan fingerprint density at radius 1 is 1.14 bits per heavy atom. The maximum atomic E-state index is 12.4. The van der Waals surface area contributed by atoms with Crippen LogP contribution >= 0.6 is 0 Å². The number of hydrogen-bond donors (Lipinski definition) is 1. The number of carbonyl (C=O) groups excluding carboxylic acids is 2. The molecule has 1 N–H and O–H groups in total. The van der Waals surface area contributed by atoms with Gasteiger partial charge in [-0.1, -0.05) is 24.3 Å². The van der Waals surface area contributed by atoms with E-state index in [9.17, 15) is 9.59 Å². The van der Waals surface area contributed by atoms with Crippen molar-refractivity contribution in [1.29, 1.82) is 0 Å². The van der Waals surface area contributed by atoms with Gasteiger partial charge in [-0.25, -0.2) is 0 Å². The van der Waals surface area contributed by atoms with Crippen LogP contribution in [0.5, 0.6) is 0 Å². The Hall–Kier alpha value is -2.82. The Morgan fingerprint density at radius 3 is 2.95 bits per heavy atom. The number of imide groups is 1. The minimum Gasteiger partial charge on any atom is -0.295 e. The molecule has 2 aromatic rings. The van der Waals surface area contributed by atoms with Crippen molar-refractivity contribution in [3.63, 3.8) is 0 Å². The van der Waals surface area contributed by atoms with Crippen molar-refractivity contribution >= 4 is 22.7 Å². The molecular formula is C16H11N3O2. The summed E-state index contributed by atoms with van der Waals surface area (Å²) in [4.78, 5) is 33.0. The van der Waals surface area contributed by atoms with E-state index in [-0.39, 0.29) is 11.8 Å². The number of nitrogens with one attached hydrogen (secondary N) is 1. The highest BCUT2D eigenvalue weighted by atomic mass is 16.2. The van der Waals surface area contributed by atoms with Gasteiger partial charge in [-0.3, -0.25) is 24.9 Å². The lowest BCUT2D eigenvalue weighted by Gasteiger charge is -2.27. The van der Waals surface area contributed by atoms with Crippen molar-refractivity contribution in [3.05, 3.63) is 60.6 Å². The first-order valence-electron chi connectivity index (χ1n) is 6.64. The second-order valence-electron chi connectivity index (χ2n) is 5.17. The van der Waals surface area contributed by atoms with Gasteiger partial charge in [0.25, 0.3) is 0 Å². The van der Waals surface area contributed by atoms with Gasteiger partial charge in [-0.15, -0.1) is 0 Å². The molecule has 0 saturated carbocycles. The lowest BCUT2D eigenvalue weighted by molar-refractivity contribution is -0.126. The van der Waals surface area contributed by atoms with Gasteiger partial charge < -0.3 is 0 Å². The quantitative estimate of drug-likeness (QED) is 0.797. The smallest absolute Gasteiger partial charge is 0.243 e. The molecule has 0 bridgehead atoms. The summed E-state index contributed by atoms with van der Waals surface area (Å²) < 4.78 is 0. The monoisotopic (exact) mass is 277 g/mol. The van der Waals surface area contributed by atoms with Crippen LogP contribution in [0.4, 0.5) is 0 Å². The van der Waals surface area contributed by atoms with Crippen LogP contribution in [0.25, 0.3) is 10.9 Å². The van der Waals surface area contributed by atoms with Gasteiger partial charge in [-0.2, -0.15) is 0 Å². The highest BCUT2D eigenvalue weighted by Crippen LogP contribution is 2.41. The van der Waals surface area contributed by atoms with Crippen molar-refractivity contribution in [2.45, 2.75) is 5.41 Å². The predicted molar refractivity (Wildman–Crippen MR) is 76.1 cm³/mol. The molecule has 0 aromatic carbocycles. The molecule has 21 heavy (non-hydrogen) atoms. The van der Waals surface area contributed by atoms with E-state index in [2.05, 4.69) is 15.3 Å². The first kappa shape index (κ1) is 12.0. The third-order valence-electron chi connectivity index (χ3n) is 4.07.